The van der Waals surface area contributed by atoms with E-state index >= 15 is 0 Å². The van der Waals surface area contributed by atoms with Crippen molar-refractivity contribution < 1.29 is 19.4 Å². The molecule has 1 aliphatic carbocycles. The third kappa shape index (κ3) is 5.34. The zero-order chi connectivity index (χ0) is 23.4. The lowest BCUT2D eigenvalue weighted by atomic mass is 10.1. The maximum Gasteiger partial charge on any atom is 0.335 e. The Morgan fingerprint density at radius 3 is 2.27 bits per heavy atom. The van der Waals surface area contributed by atoms with Crippen molar-refractivity contribution in [1.29, 1.82) is 0 Å². The predicted octanol–water partition coefficient (Wildman–Crippen LogP) is 6.75. The number of carboxylic acids is 1. The van der Waals surface area contributed by atoms with Crippen molar-refractivity contribution in [3.8, 4) is 11.5 Å². The molecule has 0 atom stereocenters. The number of aromatic nitrogens is 1. The second-order valence-electron chi connectivity index (χ2n) is 7.88. The van der Waals surface area contributed by atoms with Crippen LogP contribution in [0.1, 0.15) is 41.6 Å². The summed E-state index contributed by atoms with van der Waals surface area (Å²) in [6, 6.07) is 12.4. The van der Waals surface area contributed by atoms with Gasteiger partial charge in [-0.3, -0.25) is 4.98 Å². The third-order valence-corrected chi connectivity index (χ3v) is 6.40. The van der Waals surface area contributed by atoms with Crippen molar-refractivity contribution in [2.75, 3.05) is 12.0 Å². The zero-order valence-electron chi connectivity index (χ0n) is 18.1. The molecule has 1 aliphatic rings. The molecule has 0 spiro atoms. The number of hydrogen-bond acceptors (Lipinski definition) is 5. The van der Waals surface area contributed by atoms with Gasteiger partial charge in [0.05, 0.1) is 35.4 Å². The molecule has 6 nitrogen and oxygen atoms in total. The van der Waals surface area contributed by atoms with Gasteiger partial charge in [-0.25, -0.2) is 4.79 Å². The fraction of sp³-hybridized carbons (Fsp3) is 0.280. The van der Waals surface area contributed by atoms with Gasteiger partial charge in [-0.1, -0.05) is 23.2 Å². The van der Waals surface area contributed by atoms with Crippen molar-refractivity contribution >= 4 is 40.5 Å². The quantitative estimate of drug-likeness (QED) is 0.379. The van der Waals surface area contributed by atoms with Gasteiger partial charge in [0.15, 0.2) is 11.5 Å². The SMILES string of the molecule is COc1ccc(N(Cc2c(Cl)cncc2Cl)c2ccc(C(=O)O)cc2)cc1OC1CCCC1. The molecule has 1 fully saturated rings. The van der Waals surface area contributed by atoms with Crippen molar-refractivity contribution in [2.45, 2.75) is 38.3 Å². The first-order chi connectivity index (χ1) is 16.0. The lowest BCUT2D eigenvalue weighted by Crippen LogP contribution is -2.18. The van der Waals surface area contributed by atoms with Gasteiger partial charge in [-0.05, 0) is 62.1 Å². The Labute approximate surface area is 202 Å². The van der Waals surface area contributed by atoms with Crippen LogP contribution in [0.25, 0.3) is 0 Å². The molecule has 0 amide bonds. The van der Waals surface area contributed by atoms with Gasteiger partial charge in [-0.2, -0.15) is 0 Å². The minimum atomic E-state index is -0.981. The normalized spacial score (nSPS) is 13.7. The van der Waals surface area contributed by atoms with Crippen molar-refractivity contribution in [3.63, 3.8) is 0 Å². The maximum absolute atomic E-state index is 11.3. The number of ether oxygens (including phenoxy) is 2. The van der Waals surface area contributed by atoms with E-state index in [0.29, 0.717) is 33.7 Å². The summed E-state index contributed by atoms with van der Waals surface area (Å²) >= 11 is 12.8. The number of anilines is 2. The standard InChI is InChI=1S/C25H24Cl2N2O4/c1-32-23-11-10-18(12-24(23)33-19-4-2-3-5-19)29(15-20-21(26)13-28-14-22(20)27)17-8-6-16(7-9-17)25(30)31/h6-14,19H,2-5,15H2,1H3,(H,30,31). The van der Waals surface area contributed by atoms with Crippen LogP contribution in [-0.4, -0.2) is 29.3 Å². The highest BCUT2D eigenvalue weighted by Gasteiger charge is 2.21. The molecule has 3 aromatic rings. The molecule has 0 aliphatic heterocycles. The summed E-state index contributed by atoms with van der Waals surface area (Å²) in [5, 5.41) is 10.2. The number of nitrogens with zero attached hydrogens (tertiary/aromatic N) is 2. The third-order valence-electron chi connectivity index (χ3n) is 5.75. The van der Waals surface area contributed by atoms with Crippen LogP contribution >= 0.6 is 23.2 Å². The largest absolute Gasteiger partial charge is 0.493 e. The highest BCUT2D eigenvalue weighted by Crippen LogP contribution is 2.39. The zero-order valence-corrected chi connectivity index (χ0v) is 19.6. The van der Waals surface area contributed by atoms with Crippen LogP contribution in [-0.2, 0) is 6.54 Å². The average Bonchev–Trinajstić information content (AvgIpc) is 3.32. The summed E-state index contributed by atoms with van der Waals surface area (Å²) < 4.78 is 11.8. The first kappa shape index (κ1) is 23.2. The summed E-state index contributed by atoms with van der Waals surface area (Å²) in [7, 11) is 1.62. The molecule has 172 valence electrons. The number of carbonyl (C=O) groups is 1. The van der Waals surface area contributed by atoms with Crippen LogP contribution in [0.5, 0.6) is 11.5 Å². The fourth-order valence-electron chi connectivity index (χ4n) is 3.97. The van der Waals surface area contributed by atoms with Crippen molar-refractivity contribution in [2.24, 2.45) is 0 Å². The number of carboxylic acid groups (broad SMARTS) is 1. The molecule has 1 N–H and O–H groups in total. The van der Waals surface area contributed by atoms with Crippen molar-refractivity contribution in [1.82, 2.24) is 4.98 Å². The summed E-state index contributed by atoms with van der Waals surface area (Å²) in [6.07, 6.45) is 7.64. The highest BCUT2D eigenvalue weighted by atomic mass is 35.5. The van der Waals surface area contributed by atoms with Crippen LogP contribution in [0.15, 0.2) is 54.9 Å². The molecule has 0 unspecified atom stereocenters. The van der Waals surface area contributed by atoms with Gasteiger partial charge in [-0.15, -0.1) is 0 Å². The van der Waals surface area contributed by atoms with Crippen molar-refractivity contribution in [3.05, 3.63) is 76.0 Å². The molecular weight excluding hydrogens is 463 g/mol. The highest BCUT2D eigenvalue weighted by molar-refractivity contribution is 6.35. The number of aromatic carboxylic acids is 1. The maximum atomic E-state index is 11.3. The second kappa shape index (κ2) is 10.3. The topological polar surface area (TPSA) is 71.9 Å². The van der Waals surface area contributed by atoms with Gasteiger partial charge in [0.2, 0.25) is 0 Å². The summed E-state index contributed by atoms with van der Waals surface area (Å²) in [6.45, 7) is 0.349. The molecule has 2 aromatic carbocycles. The summed E-state index contributed by atoms with van der Waals surface area (Å²) in [5.41, 5.74) is 2.53. The number of rotatable bonds is 8. The molecule has 0 saturated heterocycles. The van der Waals surface area contributed by atoms with E-state index in [1.165, 1.54) is 0 Å². The first-order valence-corrected chi connectivity index (χ1v) is 11.5. The van der Waals surface area contributed by atoms with Crippen LogP contribution in [0.2, 0.25) is 10.0 Å². The van der Waals surface area contributed by atoms with E-state index in [9.17, 15) is 9.90 Å². The predicted molar refractivity (Wildman–Crippen MR) is 129 cm³/mol. The Bertz CT molecular complexity index is 1110. The fourth-order valence-corrected chi connectivity index (χ4v) is 4.46. The second-order valence-corrected chi connectivity index (χ2v) is 8.69. The molecular formula is C25H24Cl2N2O4. The number of benzene rings is 2. The molecule has 33 heavy (non-hydrogen) atoms. The smallest absolute Gasteiger partial charge is 0.335 e. The van der Waals surface area contributed by atoms with E-state index in [-0.39, 0.29) is 11.7 Å². The van der Waals surface area contributed by atoms with Crippen LogP contribution in [0.3, 0.4) is 0 Å². The van der Waals surface area contributed by atoms with E-state index in [4.69, 9.17) is 32.7 Å². The molecule has 0 radical (unpaired) electrons. The average molecular weight is 487 g/mol. The van der Waals surface area contributed by atoms with Gasteiger partial charge >= 0.3 is 5.97 Å². The number of pyridine rings is 1. The van der Waals surface area contributed by atoms with E-state index in [1.54, 1.807) is 43.8 Å². The Hall–Kier alpha value is -2.96. The molecule has 1 saturated carbocycles. The molecule has 1 heterocycles. The summed E-state index contributed by atoms with van der Waals surface area (Å²) in [5.74, 6) is 0.345. The first-order valence-electron chi connectivity index (χ1n) is 10.7. The van der Waals surface area contributed by atoms with E-state index in [0.717, 1.165) is 37.1 Å². The molecule has 0 bridgehead atoms. The van der Waals surface area contributed by atoms with Gasteiger partial charge < -0.3 is 19.5 Å². The van der Waals surface area contributed by atoms with Gasteiger partial charge in [0, 0.05) is 35.4 Å². The minimum Gasteiger partial charge on any atom is -0.493 e. The number of halogens is 2. The summed E-state index contributed by atoms with van der Waals surface area (Å²) in [4.78, 5) is 17.4. The number of hydrogen-bond donors (Lipinski definition) is 1. The molecule has 8 heteroatoms. The van der Waals surface area contributed by atoms with Crippen LogP contribution < -0.4 is 14.4 Å². The van der Waals surface area contributed by atoms with Crippen LogP contribution in [0, 0.1) is 0 Å². The van der Waals surface area contributed by atoms with E-state index in [1.807, 2.05) is 23.1 Å². The minimum absolute atomic E-state index is 0.168. The lowest BCUT2D eigenvalue weighted by Gasteiger charge is -2.27. The molecule has 1 aromatic heterocycles. The monoisotopic (exact) mass is 486 g/mol. The van der Waals surface area contributed by atoms with E-state index in [2.05, 4.69) is 4.98 Å². The van der Waals surface area contributed by atoms with Gasteiger partial charge in [0.25, 0.3) is 0 Å². The molecule has 4 rings (SSSR count). The van der Waals surface area contributed by atoms with Crippen LogP contribution in [0.4, 0.5) is 11.4 Å². The Morgan fingerprint density at radius 2 is 1.67 bits per heavy atom. The van der Waals surface area contributed by atoms with Gasteiger partial charge in [0.1, 0.15) is 0 Å². The Morgan fingerprint density at radius 1 is 1.03 bits per heavy atom. The Balaban J connectivity index is 1.75. The number of methoxy groups -OCH3 is 1. The lowest BCUT2D eigenvalue weighted by molar-refractivity contribution is 0.0697. The Kier molecular flexibility index (Phi) is 7.26. The van der Waals surface area contributed by atoms with E-state index < -0.39 is 5.97 Å².